The predicted octanol–water partition coefficient (Wildman–Crippen LogP) is 15.1. The van der Waals surface area contributed by atoms with Crippen molar-refractivity contribution in [3.8, 4) is 39.6 Å². The minimum Gasteiger partial charge on any atom is -0.457 e. The van der Waals surface area contributed by atoms with Gasteiger partial charge < -0.3 is 14.5 Å². The molecule has 61 heavy (non-hydrogen) atoms. The largest absolute Gasteiger partial charge is 0.457 e. The first-order valence-electron chi connectivity index (χ1n) is 21.2. The van der Waals surface area contributed by atoms with Crippen LogP contribution < -0.4 is 14.5 Å². The highest BCUT2D eigenvalue weighted by Crippen LogP contribution is 2.51. The Hall–Kier alpha value is -7.11. The Morgan fingerprint density at radius 1 is 0.475 bits per heavy atom. The van der Waals surface area contributed by atoms with Gasteiger partial charge in [-0.05, 0) is 87.7 Å². The maximum Gasteiger partial charge on any atom is 0.137 e. The van der Waals surface area contributed by atoms with Crippen LogP contribution in [0, 0.1) is 0 Å². The molecule has 1 aliphatic rings. The Balaban J connectivity index is 1.09. The van der Waals surface area contributed by atoms with Gasteiger partial charge in [0.25, 0.3) is 0 Å². The number of aromatic nitrogens is 2. The summed E-state index contributed by atoms with van der Waals surface area (Å²) in [6, 6.07) is 63.1. The van der Waals surface area contributed by atoms with Crippen LogP contribution in [-0.2, 0) is 10.8 Å². The number of para-hydroxylation sites is 4. The Morgan fingerprint density at radius 2 is 1.08 bits per heavy atom. The van der Waals surface area contributed by atoms with Crippen LogP contribution in [-0.4, -0.2) is 16.2 Å². The molecule has 0 N–H and O–H groups in total. The fraction of sp³-hybridized carbons (Fsp3) is 0.161. The topological polar surface area (TPSA) is 33.5 Å². The van der Waals surface area contributed by atoms with Crippen LogP contribution in [0.1, 0.15) is 52.7 Å². The molecule has 9 aromatic rings. The lowest BCUT2D eigenvalue weighted by Crippen LogP contribution is -2.25. The van der Waals surface area contributed by atoms with Gasteiger partial charge in [-0.1, -0.05) is 151 Å². The van der Waals surface area contributed by atoms with Gasteiger partial charge in [-0.15, -0.1) is 0 Å². The van der Waals surface area contributed by atoms with Gasteiger partial charge in [-0.25, -0.2) is 4.98 Å². The molecule has 5 nitrogen and oxygen atoms in total. The van der Waals surface area contributed by atoms with E-state index in [2.05, 4.69) is 232 Å². The second-order valence-corrected chi connectivity index (χ2v) is 18.2. The SMILES string of the molecule is CC(C)(C)c1cc(Oc2ccc3c4ccccc4n(-c4cc(C(C)(C)C)ccn4)c3c2)cc(N2CN(c3c(-c4ccccc4)cccc3-c3ccccc3)c3ccccc32)c1. The minimum atomic E-state index is -0.131. The van der Waals surface area contributed by atoms with Gasteiger partial charge in [-0.3, -0.25) is 4.57 Å². The highest BCUT2D eigenvalue weighted by atomic mass is 16.5. The van der Waals surface area contributed by atoms with E-state index in [9.17, 15) is 0 Å². The molecule has 300 valence electrons. The number of ether oxygens (including phenoxy) is 1. The quantitative estimate of drug-likeness (QED) is 0.161. The summed E-state index contributed by atoms with van der Waals surface area (Å²) in [5.74, 6) is 2.46. The number of anilines is 4. The fourth-order valence-corrected chi connectivity index (χ4v) is 8.80. The molecule has 7 aromatic carbocycles. The molecule has 0 bridgehead atoms. The monoisotopic (exact) mass is 794 g/mol. The highest BCUT2D eigenvalue weighted by Gasteiger charge is 2.32. The van der Waals surface area contributed by atoms with Crippen LogP contribution in [0.4, 0.5) is 22.7 Å². The molecule has 0 atom stereocenters. The third kappa shape index (κ3) is 7.00. The summed E-state index contributed by atoms with van der Waals surface area (Å²) in [6.07, 6.45) is 1.93. The van der Waals surface area contributed by atoms with Crippen molar-refractivity contribution >= 4 is 44.6 Å². The maximum atomic E-state index is 6.97. The van der Waals surface area contributed by atoms with E-state index in [1.54, 1.807) is 0 Å². The van der Waals surface area contributed by atoms with Crippen molar-refractivity contribution in [2.75, 3.05) is 16.5 Å². The molecule has 0 radical (unpaired) electrons. The van der Waals surface area contributed by atoms with Gasteiger partial charge in [0, 0.05) is 45.9 Å². The first kappa shape index (κ1) is 38.1. The molecular formula is C56H50N4O. The number of hydrogen-bond donors (Lipinski definition) is 0. The highest BCUT2D eigenvalue weighted by molar-refractivity contribution is 6.09. The molecule has 0 unspecified atom stereocenters. The van der Waals surface area contributed by atoms with E-state index in [1.165, 1.54) is 44.5 Å². The Kier molecular flexibility index (Phi) is 9.29. The number of nitrogens with zero attached hydrogens (tertiary/aromatic N) is 4. The van der Waals surface area contributed by atoms with E-state index < -0.39 is 0 Å². The Labute approximate surface area is 359 Å². The molecule has 3 heterocycles. The number of pyridine rings is 1. The predicted molar refractivity (Wildman–Crippen MR) is 255 cm³/mol. The standard InChI is InChI=1S/C56H50N4O/c1-55(2,3)40-30-31-57-53(34-40)60-49-25-14-13-22-47(49)48-29-28-43(36-52(48)60)61-44-33-41(56(4,5)6)32-42(35-44)58-37-59(51-27-16-15-26-50(51)58)54-45(38-18-9-7-10-19-38)23-17-24-46(54)39-20-11-8-12-21-39/h7-36H,37H2,1-6H3. The van der Waals surface area contributed by atoms with Crippen molar-refractivity contribution < 1.29 is 4.74 Å². The van der Waals surface area contributed by atoms with Crippen LogP contribution in [0.15, 0.2) is 182 Å². The molecule has 10 rings (SSSR count). The van der Waals surface area contributed by atoms with Crippen molar-refractivity contribution in [1.82, 2.24) is 9.55 Å². The van der Waals surface area contributed by atoms with E-state index in [1.807, 2.05) is 6.20 Å². The van der Waals surface area contributed by atoms with Gasteiger partial charge in [0.15, 0.2) is 0 Å². The number of fused-ring (bicyclic) bond motifs is 4. The first-order valence-corrected chi connectivity index (χ1v) is 21.2. The zero-order chi connectivity index (χ0) is 41.9. The lowest BCUT2D eigenvalue weighted by atomic mass is 9.86. The normalized spacial score (nSPS) is 13.0. The molecule has 0 amide bonds. The molecule has 0 fully saturated rings. The van der Waals surface area contributed by atoms with Crippen molar-refractivity contribution in [2.24, 2.45) is 0 Å². The van der Waals surface area contributed by atoms with Gasteiger partial charge in [0.1, 0.15) is 24.0 Å². The van der Waals surface area contributed by atoms with Gasteiger partial charge in [-0.2, -0.15) is 0 Å². The Morgan fingerprint density at radius 3 is 1.75 bits per heavy atom. The third-order valence-electron chi connectivity index (χ3n) is 12.0. The van der Waals surface area contributed by atoms with Crippen LogP contribution >= 0.6 is 0 Å². The second-order valence-electron chi connectivity index (χ2n) is 18.2. The number of benzene rings is 7. The molecule has 0 aliphatic carbocycles. The fourth-order valence-electron chi connectivity index (χ4n) is 8.80. The van der Waals surface area contributed by atoms with E-state index in [0.29, 0.717) is 6.67 Å². The van der Waals surface area contributed by atoms with Crippen LogP contribution in [0.3, 0.4) is 0 Å². The summed E-state index contributed by atoms with van der Waals surface area (Å²) < 4.78 is 9.24. The van der Waals surface area contributed by atoms with Gasteiger partial charge >= 0.3 is 0 Å². The lowest BCUT2D eigenvalue weighted by molar-refractivity contribution is 0.479. The molecule has 1 aliphatic heterocycles. The average molecular weight is 795 g/mol. The van der Waals surface area contributed by atoms with Gasteiger partial charge in [0.05, 0.1) is 28.1 Å². The summed E-state index contributed by atoms with van der Waals surface area (Å²) >= 11 is 0. The number of rotatable bonds is 7. The molecule has 2 aromatic heterocycles. The lowest BCUT2D eigenvalue weighted by Gasteiger charge is -2.28. The van der Waals surface area contributed by atoms with E-state index >= 15 is 0 Å². The Bertz CT molecular complexity index is 3000. The van der Waals surface area contributed by atoms with Crippen LogP contribution in [0.5, 0.6) is 11.5 Å². The summed E-state index contributed by atoms with van der Waals surface area (Å²) in [5, 5.41) is 2.35. The van der Waals surface area contributed by atoms with Crippen LogP contribution in [0.25, 0.3) is 49.9 Å². The van der Waals surface area contributed by atoms with E-state index in [0.717, 1.165) is 50.8 Å². The van der Waals surface area contributed by atoms with Gasteiger partial charge in [0.2, 0.25) is 0 Å². The zero-order valence-electron chi connectivity index (χ0n) is 35.7. The van der Waals surface area contributed by atoms with Crippen molar-refractivity contribution in [1.29, 1.82) is 0 Å². The van der Waals surface area contributed by atoms with Crippen molar-refractivity contribution in [2.45, 2.75) is 52.4 Å². The molecular weight excluding hydrogens is 745 g/mol. The first-order chi connectivity index (χ1) is 29.5. The molecule has 0 saturated carbocycles. The zero-order valence-corrected chi connectivity index (χ0v) is 35.7. The van der Waals surface area contributed by atoms with E-state index in [4.69, 9.17) is 9.72 Å². The van der Waals surface area contributed by atoms with Crippen LogP contribution in [0.2, 0.25) is 0 Å². The summed E-state index contributed by atoms with van der Waals surface area (Å²) in [6.45, 7) is 14.2. The average Bonchev–Trinajstić information content (AvgIpc) is 3.82. The minimum absolute atomic E-state index is 0.0111. The van der Waals surface area contributed by atoms with Crippen molar-refractivity contribution in [3.63, 3.8) is 0 Å². The summed E-state index contributed by atoms with van der Waals surface area (Å²) in [5.41, 5.74) is 13.8. The molecule has 5 heteroatoms. The van der Waals surface area contributed by atoms with E-state index in [-0.39, 0.29) is 10.8 Å². The van der Waals surface area contributed by atoms with Crippen molar-refractivity contribution in [3.05, 3.63) is 193 Å². The maximum absolute atomic E-state index is 6.97. The number of hydrogen-bond acceptors (Lipinski definition) is 4. The second kappa shape index (κ2) is 14.9. The smallest absolute Gasteiger partial charge is 0.137 e. The molecule has 0 spiro atoms. The third-order valence-corrected chi connectivity index (χ3v) is 12.0. The summed E-state index contributed by atoms with van der Waals surface area (Å²) in [7, 11) is 0. The summed E-state index contributed by atoms with van der Waals surface area (Å²) in [4.78, 5) is 9.83. The molecule has 0 saturated heterocycles.